The van der Waals surface area contributed by atoms with Crippen LogP contribution in [0.2, 0.25) is 0 Å². The van der Waals surface area contributed by atoms with Crippen LogP contribution in [0.25, 0.3) is 11.6 Å². The molecule has 2 aliphatic heterocycles. The van der Waals surface area contributed by atoms with Gasteiger partial charge in [-0.25, -0.2) is 4.39 Å². The third-order valence-corrected chi connectivity index (χ3v) is 6.79. The van der Waals surface area contributed by atoms with Gasteiger partial charge in [0.05, 0.1) is 11.2 Å². The zero-order valence-corrected chi connectivity index (χ0v) is 21.8. The summed E-state index contributed by atoms with van der Waals surface area (Å²) < 4.78 is 16.1. The van der Waals surface area contributed by atoms with Crippen molar-refractivity contribution >= 4 is 68.1 Å². The Kier molecular flexibility index (Phi) is 6.48. The molecule has 0 atom stereocenters. The quantitative estimate of drug-likeness (QED) is 0.300. The van der Waals surface area contributed by atoms with Crippen LogP contribution in [0, 0.1) is 5.82 Å². The van der Waals surface area contributed by atoms with Gasteiger partial charge in [0.1, 0.15) is 11.4 Å². The summed E-state index contributed by atoms with van der Waals surface area (Å²) in [6, 6.07) is 10.2. The Morgan fingerprint density at radius 3 is 2.62 bits per heavy atom. The van der Waals surface area contributed by atoms with Gasteiger partial charge in [-0.3, -0.25) is 19.8 Å². The van der Waals surface area contributed by atoms with Gasteiger partial charge in [-0.05, 0) is 81.4 Å². The summed E-state index contributed by atoms with van der Waals surface area (Å²) in [6.45, 7) is 9.07. The molecule has 1 N–H and O–H groups in total. The third-order valence-electron chi connectivity index (χ3n) is 6.01. The van der Waals surface area contributed by atoms with E-state index in [4.69, 9.17) is 12.2 Å². The third kappa shape index (κ3) is 4.32. The fourth-order valence-corrected chi connectivity index (χ4v) is 5.19. The molecule has 0 unspecified atom stereocenters. The summed E-state index contributed by atoms with van der Waals surface area (Å²) >= 11 is 8.63. The number of fused-ring (bicyclic) bond motifs is 1. The minimum Gasteiger partial charge on any atom is -0.362 e. The molecule has 5 nitrogen and oxygen atoms in total. The topological polar surface area (TPSA) is 52.7 Å². The number of carbonyl (C=O) groups excluding carboxylic acids is 2. The second-order valence-electron chi connectivity index (χ2n) is 8.96. The Balaban J connectivity index is 1.79. The van der Waals surface area contributed by atoms with Crippen LogP contribution >= 0.6 is 28.1 Å². The first-order valence-electron chi connectivity index (χ1n) is 11.0. The SMILES string of the molecule is CCCN1c2cc(F)c(/C=C3/C(=O)NC(=S)N(c4cccc(Br)c4)C3=O)cc2C(C)=CC1(C)C. The molecule has 2 aromatic rings. The number of allylic oxidation sites excluding steroid dienone is 1. The average Bonchev–Trinajstić information content (AvgIpc) is 2.74. The molecular weight excluding hydrogens is 517 g/mol. The molecule has 0 aromatic heterocycles. The highest BCUT2D eigenvalue weighted by Gasteiger charge is 2.35. The highest BCUT2D eigenvalue weighted by Crippen LogP contribution is 2.40. The number of nitrogens with one attached hydrogen (secondary N) is 1. The van der Waals surface area contributed by atoms with Crippen molar-refractivity contribution in [3.05, 3.63) is 69.5 Å². The Morgan fingerprint density at radius 2 is 1.94 bits per heavy atom. The molecular formula is C26H25BrFN3O2S. The fourth-order valence-electron chi connectivity index (χ4n) is 4.52. The van der Waals surface area contributed by atoms with Crippen molar-refractivity contribution in [2.24, 2.45) is 0 Å². The molecule has 2 amide bonds. The van der Waals surface area contributed by atoms with Crippen LogP contribution in [-0.2, 0) is 9.59 Å². The van der Waals surface area contributed by atoms with E-state index in [-0.39, 0.29) is 21.8 Å². The molecule has 0 spiro atoms. The molecule has 0 saturated carbocycles. The maximum absolute atomic E-state index is 15.3. The molecule has 1 fully saturated rings. The maximum Gasteiger partial charge on any atom is 0.270 e. The van der Waals surface area contributed by atoms with Gasteiger partial charge in [0.15, 0.2) is 5.11 Å². The van der Waals surface area contributed by atoms with Crippen LogP contribution in [0.5, 0.6) is 0 Å². The number of hydrogen-bond donors (Lipinski definition) is 1. The summed E-state index contributed by atoms with van der Waals surface area (Å²) in [4.78, 5) is 29.4. The first-order valence-corrected chi connectivity index (χ1v) is 12.2. The van der Waals surface area contributed by atoms with Crippen molar-refractivity contribution in [2.75, 3.05) is 16.3 Å². The van der Waals surface area contributed by atoms with E-state index in [1.54, 1.807) is 24.3 Å². The summed E-state index contributed by atoms with van der Waals surface area (Å²) in [5.74, 6) is -1.76. The minimum atomic E-state index is -0.653. The van der Waals surface area contributed by atoms with E-state index in [9.17, 15) is 9.59 Å². The normalized spacial score (nSPS) is 18.7. The lowest BCUT2D eigenvalue weighted by Crippen LogP contribution is -2.54. The molecule has 4 rings (SSSR count). The summed E-state index contributed by atoms with van der Waals surface area (Å²) in [6.07, 6.45) is 4.38. The van der Waals surface area contributed by atoms with Crippen LogP contribution in [0.1, 0.15) is 45.2 Å². The number of amides is 2. The number of halogens is 2. The predicted octanol–water partition coefficient (Wildman–Crippen LogP) is 5.83. The monoisotopic (exact) mass is 541 g/mol. The van der Waals surface area contributed by atoms with Crippen LogP contribution < -0.4 is 15.1 Å². The number of carbonyl (C=O) groups is 2. The minimum absolute atomic E-state index is 0.0209. The van der Waals surface area contributed by atoms with Gasteiger partial charge in [-0.1, -0.05) is 35.0 Å². The van der Waals surface area contributed by atoms with Crippen molar-refractivity contribution in [3.8, 4) is 0 Å². The van der Waals surface area contributed by atoms with Crippen molar-refractivity contribution in [1.82, 2.24) is 5.32 Å². The van der Waals surface area contributed by atoms with E-state index < -0.39 is 17.6 Å². The highest BCUT2D eigenvalue weighted by atomic mass is 79.9. The Hall–Kier alpha value is -2.84. The highest BCUT2D eigenvalue weighted by molar-refractivity contribution is 9.10. The van der Waals surface area contributed by atoms with E-state index in [0.29, 0.717) is 5.69 Å². The number of thiocarbonyl (C=S) groups is 1. The zero-order chi connectivity index (χ0) is 24.8. The van der Waals surface area contributed by atoms with E-state index in [1.807, 2.05) is 13.0 Å². The lowest BCUT2D eigenvalue weighted by atomic mass is 9.87. The second-order valence-corrected chi connectivity index (χ2v) is 10.3. The Labute approximate surface area is 212 Å². The van der Waals surface area contributed by atoms with Gasteiger partial charge < -0.3 is 4.90 Å². The smallest absolute Gasteiger partial charge is 0.270 e. The van der Waals surface area contributed by atoms with Crippen molar-refractivity contribution in [2.45, 2.75) is 39.7 Å². The molecule has 2 aromatic carbocycles. The molecule has 176 valence electrons. The van der Waals surface area contributed by atoms with Crippen molar-refractivity contribution in [3.63, 3.8) is 0 Å². The first kappa shape index (κ1) is 24.3. The first-order chi connectivity index (χ1) is 16.0. The molecule has 2 heterocycles. The van der Waals surface area contributed by atoms with Gasteiger partial charge in [0.25, 0.3) is 11.8 Å². The fraction of sp³-hybridized carbons (Fsp3) is 0.269. The number of hydrogen-bond acceptors (Lipinski definition) is 4. The van der Waals surface area contributed by atoms with Crippen LogP contribution in [-0.4, -0.2) is 29.0 Å². The van der Waals surface area contributed by atoms with Crippen molar-refractivity contribution in [1.29, 1.82) is 0 Å². The number of rotatable bonds is 4. The van der Waals surface area contributed by atoms with Crippen LogP contribution in [0.15, 0.2) is 52.5 Å². The van der Waals surface area contributed by atoms with Crippen LogP contribution in [0.3, 0.4) is 0 Å². The largest absolute Gasteiger partial charge is 0.362 e. The van der Waals surface area contributed by atoms with Gasteiger partial charge in [-0.2, -0.15) is 0 Å². The van der Waals surface area contributed by atoms with Crippen molar-refractivity contribution < 1.29 is 14.0 Å². The molecule has 34 heavy (non-hydrogen) atoms. The van der Waals surface area contributed by atoms with E-state index in [0.717, 1.165) is 34.3 Å². The van der Waals surface area contributed by atoms with E-state index in [2.05, 4.69) is 53.0 Å². The summed E-state index contributed by atoms with van der Waals surface area (Å²) in [5.41, 5.74) is 2.94. The van der Waals surface area contributed by atoms with Gasteiger partial charge in [-0.15, -0.1) is 0 Å². The predicted molar refractivity (Wildman–Crippen MR) is 142 cm³/mol. The lowest BCUT2D eigenvalue weighted by Gasteiger charge is -2.43. The van der Waals surface area contributed by atoms with E-state index >= 15 is 4.39 Å². The Morgan fingerprint density at radius 1 is 1.21 bits per heavy atom. The molecule has 0 radical (unpaired) electrons. The molecule has 1 saturated heterocycles. The summed E-state index contributed by atoms with van der Waals surface area (Å²) in [5, 5.41) is 2.52. The summed E-state index contributed by atoms with van der Waals surface area (Å²) in [7, 11) is 0. The van der Waals surface area contributed by atoms with Gasteiger partial charge >= 0.3 is 0 Å². The molecule has 8 heteroatoms. The van der Waals surface area contributed by atoms with Crippen LogP contribution in [0.4, 0.5) is 15.8 Å². The lowest BCUT2D eigenvalue weighted by molar-refractivity contribution is -0.122. The number of anilines is 2. The standard InChI is InChI=1S/C26H25BrFN3O2S/c1-5-9-30-22-13-21(28)16(10-19(22)15(2)14-26(30,3)4)11-20-23(32)29-25(34)31(24(20)33)18-8-6-7-17(27)12-18/h6-8,10-14H,5,9H2,1-4H3,(H,29,32,34)/b20-11-. The molecule has 0 aliphatic carbocycles. The second kappa shape index (κ2) is 9.07. The number of nitrogens with zero attached hydrogens (tertiary/aromatic N) is 2. The Bertz CT molecular complexity index is 1280. The zero-order valence-electron chi connectivity index (χ0n) is 19.4. The van der Waals surface area contributed by atoms with Gasteiger partial charge in [0, 0.05) is 27.8 Å². The molecule has 2 aliphatic rings. The average molecular weight is 542 g/mol. The van der Waals surface area contributed by atoms with Gasteiger partial charge in [0.2, 0.25) is 0 Å². The molecule has 0 bridgehead atoms. The maximum atomic E-state index is 15.3. The number of benzene rings is 2. The van der Waals surface area contributed by atoms with E-state index in [1.165, 1.54) is 17.0 Å².